The van der Waals surface area contributed by atoms with Crippen molar-refractivity contribution in [2.45, 2.75) is 51.7 Å². The first kappa shape index (κ1) is 19.4. The van der Waals surface area contributed by atoms with Gasteiger partial charge in [-0.05, 0) is 45.8 Å². The van der Waals surface area contributed by atoms with Crippen molar-refractivity contribution in [3.63, 3.8) is 0 Å². The second kappa shape index (κ2) is 8.08. The Morgan fingerprint density at radius 3 is 2.67 bits per heavy atom. The number of likely N-dealkylation sites (tertiary alicyclic amines) is 1. The number of anilines is 1. The molecule has 1 saturated heterocycles. The van der Waals surface area contributed by atoms with Gasteiger partial charge in [0.1, 0.15) is 6.04 Å². The molecule has 0 bridgehead atoms. The summed E-state index contributed by atoms with van der Waals surface area (Å²) in [7, 11) is 0. The third kappa shape index (κ3) is 3.83. The molecule has 2 atom stereocenters. The Morgan fingerprint density at radius 2 is 1.96 bits per heavy atom. The summed E-state index contributed by atoms with van der Waals surface area (Å²) in [4.78, 5) is 41.4. The van der Waals surface area contributed by atoms with Crippen LogP contribution >= 0.6 is 0 Å². The summed E-state index contributed by atoms with van der Waals surface area (Å²) >= 11 is 0. The number of hydrogen-bond donors (Lipinski definition) is 2. The Kier molecular flexibility index (Phi) is 5.79. The predicted molar refractivity (Wildman–Crippen MR) is 103 cm³/mol. The van der Waals surface area contributed by atoms with Crippen molar-refractivity contribution in [1.82, 2.24) is 15.5 Å². The smallest absolute Gasteiger partial charge is 0.310 e. The zero-order valence-electron chi connectivity index (χ0n) is 16.2. The third-order valence-corrected chi connectivity index (χ3v) is 5.39. The number of carbonyl (C=O) groups excluding carboxylic acids is 3. The SMILES string of the molecule is CCN1CCC[C@H]1CNC(=O)C(=O)N[C@H]1C(=O)N(C(C)C)c2ccccc21. The molecule has 2 aliphatic heterocycles. The van der Waals surface area contributed by atoms with Crippen LogP contribution in [0.25, 0.3) is 0 Å². The number of para-hydroxylation sites is 1. The average Bonchev–Trinajstić information content (AvgIpc) is 3.22. The van der Waals surface area contributed by atoms with E-state index in [2.05, 4.69) is 22.5 Å². The summed E-state index contributed by atoms with van der Waals surface area (Å²) in [5.74, 6) is -1.67. The molecule has 1 fully saturated rings. The molecule has 2 aliphatic rings. The molecule has 0 aromatic heterocycles. The number of benzene rings is 1. The van der Waals surface area contributed by atoms with Gasteiger partial charge in [0.15, 0.2) is 0 Å². The molecule has 3 amide bonds. The average molecular weight is 372 g/mol. The largest absolute Gasteiger partial charge is 0.346 e. The lowest BCUT2D eigenvalue weighted by Gasteiger charge is -2.23. The molecule has 2 N–H and O–H groups in total. The fourth-order valence-electron chi connectivity index (χ4n) is 4.04. The fraction of sp³-hybridized carbons (Fsp3) is 0.550. The maximum absolute atomic E-state index is 12.8. The van der Waals surface area contributed by atoms with Crippen molar-refractivity contribution in [2.75, 3.05) is 24.5 Å². The third-order valence-electron chi connectivity index (χ3n) is 5.39. The number of amides is 3. The van der Waals surface area contributed by atoms with E-state index in [1.165, 1.54) is 0 Å². The van der Waals surface area contributed by atoms with Crippen molar-refractivity contribution in [2.24, 2.45) is 0 Å². The van der Waals surface area contributed by atoms with Crippen LogP contribution in [-0.2, 0) is 14.4 Å². The quantitative estimate of drug-likeness (QED) is 0.761. The lowest BCUT2D eigenvalue weighted by molar-refractivity contribution is -0.140. The number of nitrogens with zero attached hydrogens (tertiary/aromatic N) is 2. The lowest BCUT2D eigenvalue weighted by Crippen LogP contribution is -2.48. The van der Waals surface area contributed by atoms with E-state index in [0.29, 0.717) is 6.54 Å². The van der Waals surface area contributed by atoms with E-state index >= 15 is 0 Å². The zero-order chi connectivity index (χ0) is 19.6. The van der Waals surface area contributed by atoms with E-state index in [0.717, 1.165) is 37.2 Å². The first-order valence-corrected chi connectivity index (χ1v) is 9.68. The molecule has 0 radical (unpaired) electrons. The molecule has 7 heteroatoms. The van der Waals surface area contributed by atoms with Gasteiger partial charge in [-0.3, -0.25) is 19.3 Å². The summed E-state index contributed by atoms with van der Waals surface area (Å²) in [5.41, 5.74) is 1.51. The van der Waals surface area contributed by atoms with Gasteiger partial charge in [0.05, 0.1) is 0 Å². The predicted octanol–water partition coefficient (Wildman–Crippen LogP) is 1.20. The van der Waals surface area contributed by atoms with Crippen molar-refractivity contribution in [3.05, 3.63) is 29.8 Å². The van der Waals surface area contributed by atoms with Gasteiger partial charge >= 0.3 is 11.8 Å². The maximum atomic E-state index is 12.8. The van der Waals surface area contributed by atoms with Gasteiger partial charge in [0.25, 0.3) is 5.91 Å². The molecule has 1 aromatic rings. The Labute approximate surface area is 160 Å². The van der Waals surface area contributed by atoms with Crippen LogP contribution in [0.3, 0.4) is 0 Å². The van der Waals surface area contributed by atoms with E-state index in [1.54, 1.807) is 4.90 Å². The molecule has 2 heterocycles. The Bertz CT molecular complexity index is 734. The van der Waals surface area contributed by atoms with Gasteiger partial charge in [-0.15, -0.1) is 0 Å². The van der Waals surface area contributed by atoms with E-state index in [1.807, 2.05) is 38.1 Å². The molecule has 0 spiro atoms. The first-order chi connectivity index (χ1) is 12.9. The molecule has 146 valence electrons. The number of likely N-dealkylation sites (N-methyl/N-ethyl adjacent to an activating group) is 1. The number of carbonyl (C=O) groups is 3. The van der Waals surface area contributed by atoms with Crippen LogP contribution in [0.1, 0.15) is 45.2 Å². The highest BCUT2D eigenvalue weighted by atomic mass is 16.2. The van der Waals surface area contributed by atoms with Crippen molar-refractivity contribution < 1.29 is 14.4 Å². The Morgan fingerprint density at radius 1 is 1.22 bits per heavy atom. The van der Waals surface area contributed by atoms with Crippen LogP contribution in [-0.4, -0.2) is 54.3 Å². The normalized spacial score (nSPS) is 22.2. The van der Waals surface area contributed by atoms with Crippen molar-refractivity contribution in [3.8, 4) is 0 Å². The number of hydrogen-bond acceptors (Lipinski definition) is 4. The van der Waals surface area contributed by atoms with Gasteiger partial charge < -0.3 is 15.5 Å². The molecular weight excluding hydrogens is 344 g/mol. The summed E-state index contributed by atoms with van der Waals surface area (Å²) in [6.07, 6.45) is 2.13. The number of rotatable bonds is 5. The topological polar surface area (TPSA) is 81.8 Å². The highest BCUT2D eigenvalue weighted by molar-refractivity contribution is 6.35. The maximum Gasteiger partial charge on any atom is 0.310 e. The summed E-state index contributed by atoms with van der Waals surface area (Å²) < 4.78 is 0. The number of fused-ring (bicyclic) bond motifs is 1. The molecule has 27 heavy (non-hydrogen) atoms. The van der Waals surface area contributed by atoms with Gasteiger partial charge in [-0.1, -0.05) is 25.1 Å². The van der Waals surface area contributed by atoms with Gasteiger partial charge in [0.2, 0.25) is 0 Å². The molecule has 0 saturated carbocycles. The molecule has 3 rings (SSSR count). The van der Waals surface area contributed by atoms with Gasteiger partial charge in [-0.2, -0.15) is 0 Å². The van der Waals surface area contributed by atoms with E-state index < -0.39 is 17.9 Å². The standard InChI is InChI=1S/C20H28N4O3/c1-4-23-11-7-8-14(23)12-21-18(25)19(26)22-17-15-9-5-6-10-16(15)24(13(2)3)20(17)27/h5-6,9-10,13-14,17H,4,7-8,11-12H2,1-3H3,(H,21,25)(H,22,26)/t14-,17+/m0/s1. The van der Waals surface area contributed by atoms with Crippen LogP contribution in [0.15, 0.2) is 24.3 Å². The summed E-state index contributed by atoms with van der Waals surface area (Å²) in [6, 6.07) is 6.79. The van der Waals surface area contributed by atoms with Gasteiger partial charge in [0, 0.05) is 29.9 Å². The summed E-state index contributed by atoms with van der Waals surface area (Å²) in [6.45, 7) is 8.36. The zero-order valence-corrected chi connectivity index (χ0v) is 16.2. The minimum atomic E-state index is -0.819. The Hall–Kier alpha value is -2.41. The highest BCUT2D eigenvalue weighted by Gasteiger charge is 2.40. The van der Waals surface area contributed by atoms with E-state index in [-0.39, 0.29) is 18.0 Å². The monoisotopic (exact) mass is 372 g/mol. The molecule has 0 unspecified atom stereocenters. The van der Waals surface area contributed by atoms with Crippen molar-refractivity contribution in [1.29, 1.82) is 0 Å². The second-order valence-corrected chi connectivity index (χ2v) is 7.40. The van der Waals surface area contributed by atoms with E-state index in [4.69, 9.17) is 0 Å². The second-order valence-electron chi connectivity index (χ2n) is 7.40. The molecule has 1 aromatic carbocycles. The van der Waals surface area contributed by atoms with E-state index in [9.17, 15) is 14.4 Å². The van der Waals surface area contributed by atoms with Crippen LogP contribution in [0.2, 0.25) is 0 Å². The van der Waals surface area contributed by atoms with Gasteiger partial charge in [-0.25, -0.2) is 0 Å². The minimum Gasteiger partial charge on any atom is -0.346 e. The Balaban J connectivity index is 1.63. The highest BCUT2D eigenvalue weighted by Crippen LogP contribution is 2.36. The van der Waals surface area contributed by atoms with Crippen LogP contribution in [0.4, 0.5) is 5.69 Å². The minimum absolute atomic E-state index is 0.0308. The molecule has 7 nitrogen and oxygen atoms in total. The lowest BCUT2D eigenvalue weighted by atomic mass is 10.1. The summed E-state index contributed by atoms with van der Waals surface area (Å²) in [5, 5.41) is 5.33. The van der Waals surface area contributed by atoms with Crippen molar-refractivity contribution >= 4 is 23.4 Å². The first-order valence-electron chi connectivity index (χ1n) is 9.68. The molecular formula is C20H28N4O3. The van der Waals surface area contributed by atoms with Crippen LogP contribution in [0.5, 0.6) is 0 Å². The number of nitrogens with one attached hydrogen (secondary N) is 2. The van der Waals surface area contributed by atoms with Crippen LogP contribution < -0.4 is 15.5 Å². The molecule has 0 aliphatic carbocycles. The van der Waals surface area contributed by atoms with Crippen LogP contribution in [0, 0.1) is 0 Å². The fourth-order valence-corrected chi connectivity index (χ4v) is 4.04.